The van der Waals surface area contributed by atoms with Gasteiger partial charge in [-0.3, -0.25) is 4.79 Å². The van der Waals surface area contributed by atoms with E-state index < -0.39 is 10.0 Å². The van der Waals surface area contributed by atoms with Crippen LogP contribution in [0.5, 0.6) is 0 Å². The zero-order chi connectivity index (χ0) is 19.3. The summed E-state index contributed by atoms with van der Waals surface area (Å²) in [5, 5.41) is 0.108. The van der Waals surface area contributed by atoms with Crippen molar-refractivity contribution in [1.82, 2.24) is 9.21 Å². The molecule has 2 rings (SSSR count). The summed E-state index contributed by atoms with van der Waals surface area (Å²) in [5.74, 6) is 1.03. The minimum Gasteiger partial charge on any atom is -0.339 e. The van der Waals surface area contributed by atoms with Crippen molar-refractivity contribution >= 4 is 50.9 Å². The number of carbonyl (C=O) groups excluding carboxylic acids is 1. The number of unbranched alkanes of at least 4 members (excludes halogenated alkanes) is 1. The maximum atomic E-state index is 12.9. The Balaban J connectivity index is 2.00. The Morgan fingerprint density at radius 1 is 1.19 bits per heavy atom. The van der Waals surface area contributed by atoms with Crippen molar-refractivity contribution in [3.63, 3.8) is 0 Å². The van der Waals surface area contributed by atoms with Crippen molar-refractivity contribution in [2.24, 2.45) is 0 Å². The molecule has 146 valence electrons. The van der Waals surface area contributed by atoms with E-state index in [9.17, 15) is 13.2 Å². The highest BCUT2D eigenvalue weighted by Gasteiger charge is 2.33. The van der Waals surface area contributed by atoms with Gasteiger partial charge in [0.2, 0.25) is 15.9 Å². The van der Waals surface area contributed by atoms with Crippen LogP contribution in [0.2, 0.25) is 10.0 Å². The van der Waals surface area contributed by atoms with Crippen LogP contribution in [0.1, 0.15) is 26.7 Å². The van der Waals surface area contributed by atoms with Crippen LogP contribution in [0.3, 0.4) is 0 Å². The molecule has 0 aromatic heterocycles. The number of nitrogens with zero attached hydrogens (tertiary/aromatic N) is 2. The molecule has 1 amide bonds. The fraction of sp³-hybridized carbons (Fsp3) is 0.588. The van der Waals surface area contributed by atoms with Crippen LogP contribution in [-0.2, 0) is 14.8 Å². The second-order valence-corrected chi connectivity index (χ2v) is 10.3. The molecule has 1 unspecified atom stereocenters. The summed E-state index contributed by atoms with van der Waals surface area (Å²) < 4.78 is 27.1. The summed E-state index contributed by atoms with van der Waals surface area (Å²) in [6, 6.07) is 4.63. The Morgan fingerprint density at radius 2 is 1.77 bits per heavy atom. The lowest BCUT2D eigenvalue weighted by molar-refractivity contribution is -0.131. The largest absolute Gasteiger partial charge is 0.339 e. The second-order valence-electron chi connectivity index (χ2n) is 6.15. The Morgan fingerprint density at radius 3 is 2.31 bits per heavy atom. The van der Waals surface area contributed by atoms with Crippen molar-refractivity contribution in [2.75, 3.05) is 31.9 Å². The monoisotopic (exact) mass is 438 g/mol. The van der Waals surface area contributed by atoms with Gasteiger partial charge in [0.05, 0.1) is 15.3 Å². The van der Waals surface area contributed by atoms with Gasteiger partial charge in [-0.05, 0) is 31.2 Å². The number of carbonyl (C=O) groups is 1. The highest BCUT2D eigenvalue weighted by Crippen LogP contribution is 2.32. The van der Waals surface area contributed by atoms with Crippen LogP contribution in [0.15, 0.2) is 23.1 Å². The molecule has 0 bridgehead atoms. The predicted octanol–water partition coefficient (Wildman–Crippen LogP) is 3.75. The van der Waals surface area contributed by atoms with E-state index in [1.54, 1.807) is 22.7 Å². The van der Waals surface area contributed by atoms with Gasteiger partial charge < -0.3 is 4.90 Å². The molecule has 9 heteroatoms. The number of piperazine rings is 1. The number of halogens is 2. The molecule has 1 fully saturated rings. The summed E-state index contributed by atoms with van der Waals surface area (Å²) >= 11 is 13.8. The third-order valence-corrected chi connectivity index (χ3v) is 8.36. The van der Waals surface area contributed by atoms with Gasteiger partial charge in [-0.2, -0.15) is 4.31 Å². The second kappa shape index (κ2) is 9.64. The normalized spacial score (nSPS) is 17.3. The minimum atomic E-state index is -3.78. The van der Waals surface area contributed by atoms with Crippen molar-refractivity contribution in [2.45, 2.75) is 36.8 Å². The fourth-order valence-corrected chi connectivity index (χ4v) is 6.35. The first kappa shape index (κ1) is 21.8. The van der Waals surface area contributed by atoms with Crippen molar-refractivity contribution in [3.8, 4) is 0 Å². The first-order valence-electron chi connectivity index (χ1n) is 8.63. The van der Waals surface area contributed by atoms with Gasteiger partial charge in [-0.25, -0.2) is 8.42 Å². The number of sulfonamides is 1. The molecule has 1 aliphatic heterocycles. The van der Waals surface area contributed by atoms with Gasteiger partial charge >= 0.3 is 0 Å². The number of hydrogen-bond donors (Lipinski definition) is 0. The van der Waals surface area contributed by atoms with E-state index in [1.165, 1.54) is 16.4 Å². The predicted molar refractivity (Wildman–Crippen MR) is 109 cm³/mol. The number of rotatable bonds is 7. The van der Waals surface area contributed by atoms with Crippen molar-refractivity contribution in [1.29, 1.82) is 0 Å². The molecule has 0 saturated carbocycles. The Bertz CT molecular complexity index is 715. The molecule has 1 saturated heterocycles. The summed E-state index contributed by atoms with van der Waals surface area (Å²) in [4.78, 5) is 14.2. The van der Waals surface area contributed by atoms with E-state index >= 15 is 0 Å². The number of hydrogen-bond acceptors (Lipinski definition) is 4. The molecule has 1 aliphatic rings. The molecule has 1 aromatic carbocycles. The van der Waals surface area contributed by atoms with Crippen LogP contribution in [0, 0.1) is 0 Å². The lowest BCUT2D eigenvalue weighted by atomic mass is 10.3. The van der Waals surface area contributed by atoms with Gasteiger partial charge in [0, 0.05) is 26.2 Å². The van der Waals surface area contributed by atoms with Gasteiger partial charge in [0.25, 0.3) is 0 Å². The summed E-state index contributed by atoms with van der Waals surface area (Å²) in [5.41, 5.74) is 0. The van der Waals surface area contributed by atoms with Crippen LogP contribution < -0.4 is 0 Å². The van der Waals surface area contributed by atoms with Crippen LogP contribution in [0.4, 0.5) is 0 Å². The first-order valence-corrected chi connectivity index (χ1v) is 11.9. The average molecular weight is 439 g/mol. The molecule has 0 aliphatic carbocycles. The SMILES string of the molecule is CCCCSC(C)C(=O)N1CCN(S(=O)(=O)c2c(Cl)cccc2Cl)CC1. The van der Waals surface area contributed by atoms with Crippen molar-refractivity contribution < 1.29 is 13.2 Å². The van der Waals surface area contributed by atoms with Crippen molar-refractivity contribution in [3.05, 3.63) is 28.2 Å². The summed E-state index contributed by atoms with van der Waals surface area (Å²) in [7, 11) is -3.78. The maximum absolute atomic E-state index is 12.9. The third-order valence-electron chi connectivity index (χ3n) is 4.28. The highest BCUT2D eigenvalue weighted by molar-refractivity contribution is 8.00. The standard InChI is InChI=1S/C17H24Cl2N2O3S2/c1-3-4-12-25-13(2)17(22)20-8-10-21(11-9-20)26(23,24)16-14(18)6-5-7-15(16)19/h5-7,13H,3-4,8-12H2,1-2H3. The molecule has 0 radical (unpaired) electrons. The molecule has 0 spiro atoms. The van der Waals surface area contributed by atoms with E-state index in [1.807, 2.05) is 6.92 Å². The number of benzene rings is 1. The fourth-order valence-electron chi connectivity index (χ4n) is 2.74. The summed E-state index contributed by atoms with van der Waals surface area (Å²) in [6.45, 7) is 5.26. The van der Waals surface area contributed by atoms with Gasteiger partial charge in [0.1, 0.15) is 4.90 Å². The Kier molecular flexibility index (Phi) is 8.09. The molecule has 1 atom stereocenters. The maximum Gasteiger partial charge on any atom is 0.246 e. The first-order chi connectivity index (χ1) is 12.3. The van der Waals surface area contributed by atoms with E-state index in [0.717, 1.165) is 18.6 Å². The van der Waals surface area contributed by atoms with E-state index in [-0.39, 0.29) is 39.2 Å². The summed E-state index contributed by atoms with van der Waals surface area (Å²) in [6.07, 6.45) is 2.20. The molecule has 1 aromatic rings. The van der Waals surface area contributed by atoms with E-state index in [0.29, 0.717) is 13.1 Å². The zero-order valence-corrected chi connectivity index (χ0v) is 18.1. The quantitative estimate of drug-likeness (QED) is 0.608. The zero-order valence-electron chi connectivity index (χ0n) is 15.0. The molecule has 1 heterocycles. The number of thioether (sulfide) groups is 1. The number of amides is 1. The molecular formula is C17H24Cl2N2O3S2. The lowest BCUT2D eigenvalue weighted by Gasteiger charge is -2.35. The Hall–Kier alpha value is -0.470. The lowest BCUT2D eigenvalue weighted by Crippen LogP contribution is -2.52. The van der Waals surface area contributed by atoms with E-state index in [4.69, 9.17) is 23.2 Å². The van der Waals surface area contributed by atoms with Crippen LogP contribution in [-0.4, -0.2) is 60.7 Å². The van der Waals surface area contributed by atoms with Gasteiger partial charge in [0.15, 0.2) is 0 Å². The van der Waals surface area contributed by atoms with Crippen LogP contribution in [0.25, 0.3) is 0 Å². The molecule has 0 N–H and O–H groups in total. The Labute approximate surface area is 170 Å². The highest BCUT2D eigenvalue weighted by atomic mass is 35.5. The van der Waals surface area contributed by atoms with Gasteiger partial charge in [-0.1, -0.05) is 42.6 Å². The average Bonchev–Trinajstić information content (AvgIpc) is 2.61. The minimum absolute atomic E-state index is 0.0633. The topological polar surface area (TPSA) is 57.7 Å². The van der Waals surface area contributed by atoms with E-state index in [2.05, 4.69) is 6.92 Å². The smallest absolute Gasteiger partial charge is 0.246 e. The van der Waals surface area contributed by atoms with Crippen LogP contribution >= 0.6 is 35.0 Å². The molecule has 26 heavy (non-hydrogen) atoms. The molecule has 5 nitrogen and oxygen atoms in total. The molecular weight excluding hydrogens is 415 g/mol. The van der Waals surface area contributed by atoms with Gasteiger partial charge in [-0.15, -0.1) is 11.8 Å². The third kappa shape index (κ3) is 5.07.